The van der Waals surface area contributed by atoms with E-state index in [0.29, 0.717) is 0 Å². The first-order valence-corrected chi connectivity index (χ1v) is 3.27. The summed E-state index contributed by atoms with van der Waals surface area (Å²) in [5.74, 6) is -0.676. The lowest BCUT2D eigenvalue weighted by molar-refractivity contribution is 0.0685. The first-order chi connectivity index (χ1) is 5.74. The Morgan fingerprint density at radius 2 is 2.42 bits per heavy atom. The van der Waals surface area contributed by atoms with Crippen molar-refractivity contribution in [2.24, 2.45) is 0 Å². The van der Waals surface area contributed by atoms with Gasteiger partial charge in [-0.25, -0.2) is 4.79 Å². The summed E-state index contributed by atoms with van der Waals surface area (Å²) < 4.78 is 4.09. The fourth-order valence-corrected chi connectivity index (χ4v) is 0.689. The van der Waals surface area contributed by atoms with E-state index in [0.717, 1.165) is 5.69 Å². The van der Waals surface area contributed by atoms with Gasteiger partial charge in [-0.2, -0.15) is 0 Å². The van der Waals surface area contributed by atoms with Gasteiger partial charge >= 0.3 is 5.97 Å². The minimum atomic E-state index is -0.676. The van der Waals surface area contributed by atoms with Crippen LogP contribution in [0.25, 0.3) is 0 Å². The Balaban J connectivity index is 2.84. The zero-order chi connectivity index (χ0) is 8.97. The molecule has 1 aromatic heterocycles. The summed E-state index contributed by atoms with van der Waals surface area (Å²) in [6.45, 7) is 1.80. The van der Waals surface area contributed by atoms with Gasteiger partial charge in [0.05, 0.1) is 5.56 Å². The van der Waals surface area contributed by atoms with Crippen LogP contribution in [0.4, 0.5) is 0 Å². The van der Waals surface area contributed by atoms with Crippen LogP contribution in [0.5, 0.6) is 0 Å². The molecule has 1 rings (SSSR count). The Bertz CT molecular complexity index is 324. The maximum absolute atomic E-state index is 10.9. The molecule has 1 aromatic rings. The van der Waals surface area contributed by atoms with Crippen LogP contribution >= 0.6 is 0 Å². The molecule has 0 fully saturated rings. The standard InChI is InChI=1S/C8H6N2O2/c1-6-2-3-7(4-10-6)8(11)12-5-9/h2-4H,1H3. The molecule has 0 spiro atoms. The van der Waals surface area contributed by atoms with Crippen LogP contribution in [0, 0.1) is 18.4 Å². The summed E-state index contributed by atoms with van der Waals surface area (Å²) in [6, 6.07) is 3.23. The van der Waals surface area contributed by atoms with Crippen molar-refractivity contribution in [1.82, 2.24) is 4.98 Å². The largest absolute Gasteiger partial charge is 0.355 e. The summed E-state index contributed by atoms with van der Waals surface area (Å²) in [6.07, 6.45) is 2.67. The van der Waals surface area contributed by atoms with Gasteiger partial charge in [0.15, 0.2) is 0 Å². The van der Waals surface area contributed by atoms with E-state index in [1.54, 1.807) is 19.1 Å². The summed E-state index contributed by atoms with van der Waals surface area (Å²) in [5.41, 5.74) is 1.09. The molecule has 0 atom stereocenters. The molecule has 0 unspecified atom stereocenters. The molecule has 1 heterocycles. The number of pyridine rings is 1. The molecule has 0 saturated heterocycles. The highest BCUT2D eigenvalue weighted by atomic mass is 16.5. The maximum Gasteiger partial charge on any atom is 0.355 e. The number of rotatable bonds is 1. The third-order valence-electron chi connectivity index (χ3n) is 1.29. The number of hydrogen-bond acceptors (Lipinski definition) is 4. The van der Waals surface area contributed by atoms with Gasteiger partial charge in [0.25, 0.3) is 6.26 Å². The second-order valence-corrected chi connectivity index (χ2v) is 2.17. The van der Waals surface area contributed by atoms with Crippen LogP contribution in [-0.2, 0) is 4.74 Å². The second-order valence-electron chi connectivity index (χ2n) is 2.17. The minimum absolute atomic E-state index is 0.280. The van der Waals surface area contributed by atoms with Crippen LogP contribution in [0.15, 0.2) is 18.3 Å². The fourth-order valence-electron chi connectivity index (χ4n) is 0.689. The fraction of sp³-hybridized carbons (Fsp3) is 0.125. The van der Waals surface area contributed by atoms with Gasteiger partial charge in [-0.1, -0.05) is 0 Å². The highest BCUT2D eigenvalue weighted by Crippen LogP contribution is 2.00. The molecule has 0 aliphatic carbocycles. The predicted molar refractivity (Wildman–Crippen MR) is 40.0 cm³/mol. The zero-order valence-corrected chi connectivity index (χ0v) is 6.44. The number of nitriles is 1. The topological polar surface area (TPSA) is 63.0 Å². The van der Waals surface area contributed by atoms with Crippen molar-refractivity contribution in [1.29, 1.82) is 5.26 Å². The molecular formula is C8H6N2O2. The van der Waals surface area contributed by atoms with Gasteiger partial charge in [0, 0.05) is 11.9 Å². The Morgan fingerprint density at radius 1 is 1.67 bits per heavy atom. The first kappa shape index (κ1) is 8.21. The molecular weight excluding hydrogens is 156 g/mol. The Morgan fingerprint density at radius 3 is 2.92 bits per heavy atom. The summed E-state index contributed by atoms with van der Waals surface area (Å²) in [5, 5.41) is 8.04. The number of hydrogen-bond donors (Lipinski definition) is 0. The summed E-state index contributed by atoms with van der Waals surface area (Å²) in [4.78, 5) is 14.7. The van der Waals surface area contributed by atoms with Crippen molar-refractivity contribution in [2.45, 2.75) is 6.92 Å². The van der Waals surface area contributed by atoms with Crippen LogP contribution in [0.2, 0.25) is 0 Å². The molecule has 4 nitrogen and oxygen atoms in total. The van der Waals surface area contributed by atoms with E-state index in [2.05, 4.69) is 9.72 Å². The summed E-state index contributed by atoms with van der Waals surface area (Å²) >= 11 is 0. The second kappa shape index (κ2) is 3.49. The van der Waals surface area contributed by atoms with Crippen molar-refractivity contribution in [3.8, 4) is 6.26 Å². The average Bonchev–Trinajstić information content (AvgIpc) is 2.06. The van der Waals surface area contributed by atoms with Gasteiger partial charge in [-0.05, 0) is 19.1 Å². The van der Waals surface area contributed by atoms with E-state index >= 15 is 0 Å². The van der Waals surface area contributed by atoms with Crippen LogP contribution in [0.3, 0.4) is 0 Å². The van der Waals surface area contributed by atoms with Crippen LogP contribution in [-0.4, -0.2) is 11.0 Å². The third-order valence-corrected chi connectivity index (χ3v) is 1.29. The van der Waals surface area contributed by atoms with Crippen molar-refractivity contribution >= 4 is 5.97 Å². The lowest BCUT2D eigenvalue weighted by Gasteiger charge is -1.95. The van der Waals surface area contributed by atoms with E-state index in [9.17, 15) is 4.79 Å². The van der Waals surface area contributed by atoms with Gasteiger partial charge in [0.2, 0.25) is 0 Å². The smallest absolute Gasteiger partial charge is 0.347 e. The molecule has 0 aliphatic heterocycles. The molecule has 4 heteroatoms. The number of aromatic nitrogens is 1. The van der Waals surface area contributed by atoms with Crippen LogP contribution in [0.1, 0.15) is 16.1 Å². The number of carbonyl (C=O) groups is 1. The molecule has 0 N–H and O–H groups in total. The molecule has 12 heavy (non-hydrogen) atoms. The quantitative estimate of drug-likeness (QED) is 0.457. The lowest BCUT2D eigenvalue weighted by Crippen LogP contribution is -2.01. The number of ether oxygens (including phenoxy) is 1. The molecule has 60 valence electrons. The number of aryl methyl sites for hydroxylation is 1. The zero-order valence-electron chi connectivity index (χ0n) is 6.44. The van der Waals surface area contributed by atoms with Crippen LogP contribution < -0.4 is 0 Å². The van der Waals surface area contributed by atoms with Gasteiger partial charge in [-0.3, -0.25) is 4.98 Å². The van der Waals surface area contributed by atoms with Crippen molar-refractivity contribution in [3.63, 3.8) is 0 Å². The maximum atomic E-state index is 10.9. The molecule has 0 saturated carbocycles. The molecule has 0 radical (unpaired) electrons. The van der Waals surface area contributed by atoms with Crippen molar-refractivity contribution in [3.05, 3.63) is 29.6 Å². The molecule has 0 amide bonds. The Labute approximate surface area is 69.4 Å². The van der Waals surface area contributed by atoms with E-state index in [1.165, 1.54) is 12.5 Å². The van der Waals surface area contributed by atoms with E-state index in [1.807, 2.05) is 0 Å². The normalized spacial score (nSPS) is 8.67. The summed E-state index contributed by atoms with van der Waals surface area (Å²) in [7, 11) is 0. The SMILES string of the molecule is Cc1ccc(C(=O)OC#N)cn1. The molecule has 0 aliphatic rings. The minimum Gasteiger partial charge on any atom is -0.347 e. The highest BCUT2D eigenvalue weighted by molar-refractivity contribution is 5.89. The first-order valence-electron chi connectivity index (χ1n) is 3.27. The monoisotopic (exact) mass is 162 g/mol. The predicted octanol–water partition coefficient (Wildman–Crippen LogP) is 1.03. The Kier molecular flexibility index (Phi) is 2.38. The van der Waals surface area contributed by atoms with Gasteiger partial charge < -0.3 is 4.74 Å². The van der Waals surface area contributed by atoms with Crippen molar-refractivity contribution in [2.75, 3.05) is 0 Å². The van der Waals surface area contributed by atoms with Gasteiger partial charge in [-0.15, -0.1) is 5.26 Å². The van der Waals surface area contributed by atoms with E-state index < -0.39 is 5.97 Å². The van der Waals surface area contributed by atoms with E-state index in [4.69, 9.17) is 5.26 Å². The number of carbonyl (C=O) groups excluding carboxylic acids is 1. The Hall–Kier alpha value is -1.89. The molecule has 0 aromatic carbocycles. The number of esters is 1. The third kappa shape index (κ3) is 1.80. The molecule has 0 bridgehead atoms. The van der Waals surface area contributed by atoms with Crippen molar-refractivity contribution < 1.29 is 9.53 Å². The average molecular weight is 162 g/mol. The van der Waals surface area contributed by atoms with Gasteiger partial charge in [0.1, 0.15) is 0 Å². The highest BCUT2D eigenvalue weighted by Gasteiger charge is 2.05. The lowest BCUT2D eigenvalue weighted by atomic mass is 10.2. The van der Waals surface area contributed by atoms with E-state index in [-0.39, 0.29) is 5.56 Å². The number of nitrogens with zero attached hydrogens (tertiary/aromatic N) is 2.